The topological polar surface area (TPSA) is 37.8 Å². The molecule has 0 aromatic carbocycles. The molecule has 3 nitrogen and oxygen atoms in total. The molecule has 0 saturated carbocycles. The van der Waals surface area contributed by atoms with Crippen LogP contribution in [0.1, 0.15) is 56.1 Å². The Balaban J connectivity index is 2.74. The molecule has 0 radical (unpaired) electrons. The second-order valence-electron chi connectivity index (χ2n) is 4.49. The zero-order chi connectivity index (χ0) is 14.3. The Bertz CT molecular complexity index is 365. The summed E-state index contributed by atoms with van der Waals surface area (Å²) >= 11 is 1.21. The van der Waals surface area contributed by atoms with E-state index < -0.39 is 12.6 Å². The van der Waals surface area contributed by atoms with Crippen molar-refractivity contribution in [3.8, 4) is 0 Å². The van der Waals surface area contributed by atoms with Crippen LogP contribution in [-0.4, -0.2) is 22.3 Å². The average Bonchev–Trinajstić information content (AvgIpc) is 2.77. The normalized spacial score (nSPS) is 13.7. The van der Waals surface area contributed by atoms with Crippen LogP contribution in [-0.2, 0) is 6.42 Å². The highest BCUT2D eigenvalue weighted by molar-refractivity contribution is 7.05. The molecule has 1 aromatic rings. The molecule has 19 heavy (non-hydrogen) atoms. The summed E-state index contributed by atoms with van der Waals surface area (Å²) in [7, 11) is 0. The van der Waals surface area contributed by atoms with Crippen LogP contribution in [0.2, 0.25) is 0 Å². The van der Waals surface area contributed by atoms with Crippen molar-refractivity contribution < 1.29 is 13.2 Å². The summed E-state index contributed by atoms with van der Waals surface area (Å²) in [5.74, 6) is 0. The second-order valence-corrected chi connectivity index (χ2v) is 5.28. The van der Waals surface area contributed by atoms with Crippen molar-refractivity contribution in [3.05, 3.63) is 10.6 Å². The highest BCUT2D eigenvalue weighted by Crippen LogP contribution is 2.30. The quantitative estimate of drug-likeness (QED) is 0.791. The van der Waals surface area contributed by atoms with Crippen molar-refractivity contribution in [2.45, 2.75) is 58.2 Å². The molecule has 0 fully saturated rings. The molecule has 0 spiro atoms. The van der Waals surface area contributed by atoms with Gasteiger partial charge in [0.05, 0.1) is 10.6 Å². The SMILES string of the molecule is CCCNC(CCC(F)(F)F)c1snnc1CCC. The zero-order valence-corrected chi connectivity index (χ0v) is 12.1. The molecule has 0 aliphatic rings. The molecule has 1 aromatic heterocycles. The largest absolute Gasteiger partial charge is 0.389 e. The van der Waals surface area contributed by atoms with Gasteiger partial charge in [-0.25, -0.2) is 0 Å². The Morgan fingerprint density at radius 1 is 1.26 bits per heavy atom. The number of aromatic nitrogens is 2. The van der Waals surface area contributed by atoms with Crippen molar-refractivity contribution in [2.75, 3.05) is 6.54 Å². The first-order chi connectivity index (χ1) is 8.98. The third-order valence-corrected chi connectivity index (χ3v) is 3.63. The van der Waals surface area contributed by atoms with Crippen LogP contribution in [0.5, 0.6) is 0 Å². The zero-order valence-electron chi connectivity index (χ0n) is 11.3. The van der Waals surface area contributed by atoms with Gasteiger partial charge in [-0.2, -0.15) is 13.2 Å². The average molecular weight is 295 g/mol. The van der Waals surface area contributed by atoms with Gasteiger partial charge in [-0.05, 0) is 37.3 Å². The van der Waals surface area contributed by atoms with Crippen molar-refractivity contribution in [3.63, 3.8) is 0 Å². The minimum Gasteiger partial charge on any atom is -0.309 e. The molecule has 7 heteroatoms. The Kier molecular flexibility index (Phi) is 6.71. The molecule has 1 unspecified atom stereocenters. The number of hydrogen-bond donors (Lipinski definition) is 1. The van der Waals surface area contributed by atoms with E-state index in [2.05, 4.69) is 14.9 Å². The fourth-order valence-electron chi connectivity index (χ4n) is 1.84. The third-order valence-electron chi connectivity index (χ3n) is 2.75. The van der Waals surface area contributed by atoms with Gasteiger partial charge in [0.25, 0.3) is 0 Å². The Morgan fingerprint density at radius 2 is 2.00 bits per heavy atom. The van der Waals surface area contributed by atoms with Crippen LogP contribution in [0.15, 0.2) is 0 Å². The van der Waals surface area contributed by atoms with Crippen LogP contribution in [0.3, 0.4) is 0 Å². The Labute approximate surface area is 115 Å². The number of hydrogen-bond acceptors (Lipinski definition) is 4. The molecular formula is C12H20F3N3S. The lowest BCUT2D eigenvalue weighted by molar-refractivity contribution is -0.136. The summed E-state index contributed by atoms with van der Waals surface area (Å²) in [6, 6.07) is -0.289. The number of halogens is 3. The van der Waals surface area contributed by atoms with Gasteiger partial charge in [-0.3, -0.25) is 0 Å². The summed E-state index contributed by atoms with van der Waals surface area (Å²) in [4.78, 5) is 0.861. The molecule has 0 saturated heterocycles. The number of nitrogens with one attached hydrogen (secondary N) is 1. The van der Waals surface area contributed by atoms with Gasteiger partial charge < -0.3 is 5.32 Å². The van der Waals surface area contributed by atoms with Crippen LogP contribution < -0.4 is 5.32 Å². The lowest BCUT2D eigenvalue weighted by Gasteiger charge is -2.18. The van der Waals surface area contributed by atoms with Crippen LogP contribution in [0, 0.1) is 0 Å². The first-order valence-electron chi connectivity index (χ1n) is 6.59. The molecule has 1 heterocycles. The molecular weight excluding hydrogens is 275 g/mol. The van der Waals surface area contributed by atoms with E-state index in [4.69, 9.17) is 0 Å². The summed E-state index contributed by atoms with van der Waals surface area (Å²) in [6.45, 7) is 4.71. The van der Waals surface area contributed by atoms with Gasteiger partial charge in [0.15, 0.2) is 0 Å². The second kappa shape index (κ2) is 7.79. The standard InChI is InChI=1S/C12H20F3N3S/c1-3-5-10-11(19-18-17-10)9(16-8-4-2)6-7-12(13,14)15/h9,16H,3-8H2,1-2H3. The first kappa shape index (κ1) is 16.4. The van der Waals surface area contributed by atoms with Gasteiger partial charge >= 0.3 is 6.18 Å². The lowest BCUT2D eigenvalue weighted by atomic mass is 10.1. The maximum absolute atomic E-state index is 12.4. The lowest BCUT2D eigenvalue weighted by Crippen LogP contribution is -2.24. The van der Waals surface area contributed by atoms with Gasteiger partial charge in [-0.15, -0.1) is 5.10 Å². The summed E-state index contributed by atoms with van der Waals surface area (Å²) in [6.07, 6.45) is -2.28. The summed E-state index contributed by atoms with van der Waals surface area (Å²) in [5.41, 5.74) is 0.836. The third kappa shape index (κ3) is 5.86. The fraction of sp³-hybridized carbons (Fsp3) is 0.833. The van der Waals surface area contributed by atoms with E-state index in [9.17, 15) is 13.2 Å². The predicted octanol–water partition coefficient (Wildman–Crippen LogP) is 3.87. The summed E-state index contributed by atoms with van der Waals surface area (Å²) < 4.78 is 41.0. The molecule has 1 rings (SSSR count). The molecule has 0 aliphatic heterocycles. The first-order valence-corrected chi connectivity index (χ1v) is 7.36. The monoisotopic (exact) mass is 295 g/mol. The van der Waals surface area contributed by atoms with E-state index in [-0.39, 0.29) is 12.5 Å². The number of rotatable bonds is 8. The van der Waals surface area contributed by atoms with Crippen LogP contribution in [0.4, 0.5) is 13.2 Å². The number of nitrogens with zero attached hydrogens (tertiary/aromatic N) is 2. The van der Waals surface area contributed by atoms with Crippen LogP contribution in [0.25, 0.3) is 0 Å². The molecule has 1 atom stereocenters. The van der Waals surface area contributed by atoms with Crippen molar-refractivity contribution >= 4 is 11.5 Å². The van der Waals surface area contributed by atoms with E-state index in [1.165, 1.54) is 11.5 Å². The highest BCUT2D eigenvalue weighted by atomic mass is 32.1. The number of alkyl halides is 3. The fourth-order valence-corrected chi connectivity index (χ4v) is 2.65. The van der Waals surface area contributed by atoms with Crippen molar-refractivity contribution in [1.82, 2.24) is 14.9 Å². The van der Waals surface area contributed by atoms with E-state index in [1.807, 2.05) is 13.8 Å². The Hall–Kier alpha value is -0.690. The minimum atomic E-state index is -4.12. The van der Waals surface area contributed by atoms with E-state index in [0.717, 1.165) is 29.8 Å². The molecule has 1 N–H and O–H groups in total. The molecule has 0 aliphatic carbocycles. The van der Waals surface area contributed by atoms with E-state index in [1.54, 1.807) is 0 Å². The van der Waals surface area contributed by atoms with E-state index >= 15 is 0 Å². The maximum Gasteiger partial charge on any atom is 0.389 e. The van der Waals surface area contributed by atoms with Crippen molar-refractivity contribution in [2.24, 2.45) is 0 Å². The smallest absolute Gasteiger partial charge is 0.309 e. The molecule has 0 bridgehead atoms. The Morgan fingerprint density at radius 3 is 2.58 bits per heavy atom. The predicted molar refractivity (Wildman–Crippen MR) is 70.2 cm³/mol. The molecule has 110 valence electrons. The van der Waals surface area contributed by atoms with Crippen LogP contribution >= 0.6 is 11.5 Å². The van der Waals surface area contributed by atoms with E-state index in [0.29, 0.717) is 6.54 Å². The van der Waals surface area contributed by atoms with Gasteiger partial charge in [0.1, 0.15) is 0 Å². The minimum absolute atomic E-state index is 0.0457. The number of aryl methyl sites for hydroxylation is 1. The van der Waals surface area contributed by atoms with Crippen molar-refractivity contribution in [1.29, 1.82) is 0 Å². The molecule has 0 amide bonds. The highest BCUT2D eigenvalue weighted by Gasteiger charge is 2.30. The van der Waals surface area contributed by atoms with Gasteiger partial charge in [0, 0.05) is 12.5 Å². The van der Waals surface area contributed by atoms with Gasteiger partial charge in [0.2, 0.25) is 0 Å². The maximum atomic E-state index is 12.4. The van der Waals surface area contributed by atoms with Gasteiger partial charge in [-0.1, -0.05) is 24.8 Å². The summed E-state index contributed by atoms with van der Waals surface area (Å²) in [5, 5.41) is 7.20.